The fraction of sp³-hybridized carbons (Fsp3) is 0.571. The summed E-state index contributed by atoms with van der Waals surface area (Å²) in [4.78, 5) is 2.31. The molecule has 1 heterocycles. The van der Waals surface area contributed by atoms with Gasteiger partial charge < -0.3 is 10.2 Å². The Morgan fingerprint density at radius 2 is 1.95 bits per heavy atom. The van der Waals surface area contributed by atoms with Crippen LogP contribution >= 0.6 is 34.8 Å². The van der Waals surface area contributed by atoms with Crippen molar-refractivity contribution in [1.82, 2.24) is 5.32 Å². The highest BCUT2D eigenvalue weighted by Crippen LogP contribution is 2.35. The summed E-state index contributed by atoms with van der Waals surface area (Å²) in [5.41, 5.74) is 0.987. The van der Waals surface area contributed by atoms with Crippen molar-refractivity contribution in [3.63, 3.8) is 0 Å². The summed E-state index contributed by atoms with van der Waals surface area (Å²) < 4.78 is 0. The molecule has 1 aromatic carbocycles. The Morgan fingerprint density at radius 3 is 2.68 bits per heavy atom. The average Bonchev–Trinajstić information content (AvgIpc) is 2.60. The third-order valence-corrected chi connectivity index (χ3v) is 4.47. The van der Waals surface area contributed by atoms with E-state index >= 15 is 0 Å². The normalized spacial score (nSPS) is 20.4. The molecular weight excluding hydrogens is 303 g/mol. The summed E-state index contributed by atoms with van der Waals surface area (Å²) >= 11 is 18.4. The zero-order valence-corrected chi connectivity index (χ0v) is 13.3. The van der Waals surface area contributed by atoms with Crippen LogP contribution < -0.4 is 10.2 Å². The van der Waals surface area contributed by atoms with Crippen molar-refractivity contribution in [2.24, 2.45) is 0 Å². The summed E-state index contributed by atoms with van der Waals surface area (Å²) in [5, 5.41) is 5.32. The fourth-order valence-corrected chi connectivity index (χ4v) is 3.17. The number of hydrogen-bond donors (Lipinski definition) is 1. The molecule has 106 valence electrons. The van der Waals surface area contributed by atoms with E-state index in [1.807, 2.05) is 6.07 Å². The van der Waals surface area contributed by atoms with E-state index in [1.54, 1.807) is 6.07 Å². The molecule has 0 saturated carbocycles. The average molecular weight is 322 g/mol. The van der Waals surface area contributed by atoms with Gasteiger partial charge in [-0.1, -0.05) is 48.1 Å². The molecule has 0 bridgehead atoms. The van der Waals surface area contributed by atoms with Crippen molar-refractivity contribution in [2.45, 2.75) is 32.2 Å². The molecule has 1 saturated heterocycles. The van der Waals surface area contributed by atoms with Crippen LogP contribution in [0.15, 0.2) is 12.1 Å². The Labute approximate surface area is 130 Å². The molecule has 19 heavy (non-hydrogen) atoms. The number of benzene rings is 1. The van der Waals surface area contributed by atoms with Gasteiger partial charge in [0.2, 0.25) is 0 Å². The van der Waals surface area contributed by atoms with Gasteiger partial charge in [-0.2, -0.15) is 0 Å². The number of nitrogens with zero attached hydrogens (tertiary/aromatic N) is 1. The van der Waals surface area contributed by atoms with Crippen molar-refractivity contribution < 1.29 is 0 Å². The molecule has 2 rings (SSSR count). The first kappa shape index (κ1) is 15.2. The van der Waals surface area contributed by atoms with E-state index in [1.165, 1.54) is 12.8 Å². The molecule has 1 fully saturated rings. The van der Waals surface area contributed by atoms with Gasteiger partial charge in [0, 0.05) is 19.1 Å². The highest BCUT2D eigenvalue weighted by molar-refractivity contribution is 6.44. The molecule has 2 nitrogen and oxygen atoms in total. The van der Waals surface area contributed by atoms with Crippen molar-refractivity contribution in [3.05, 3.63) is 27.2 Å². The molecule has 0 spiro atoms. The lowest BCUT2D eigenvalue weighted by Gasteiger charge is -2.27. The maximum Gasteiger partial charge on any atom is 0.0655 e. The minimum Gasteiger partial charge on any atom is -0.369 e. The molecule has 1 atom stereocenters. The topological polar surface area (TPSA) is 15.3 Å². The number of halogens is 3. The third-order valence-electron chi connectivity index (χ3n) is 3.45. The second-order valence-corrected chi connectivity index (χ2v) is 6.18. The first-order chi connectivity index (χ1) is 9.11. The van der Waals surface area contributed by atoms with E-state index in [-0.39, 0.29) is 0 Å². The van der Waals surface area contributed by atoms with E-state index < -0.39 is 0 Å². The number of rotatable bonds is 3. The van der Waals surface area contributed by atoms with Gasteiger partial charge in [-0.05, 0) is 31.5 Å². The summed E-state index contributed by atoms with van der Waals surface area (Å²) in [6.45, 7) is 5.22. The molecule has 1 N–H and O–H groups in total. The maximum absolute atomic E-state index is 6.31. The predicted molar refractivity (Wildman–Crippen MR) is 85.0 cm³/mol. The summed E-state index contributed by atoms with van der Waals surface area (Å²) in [6.07, 6.45) is 3.47. The summed E-state index contributed by atoms with van der Waals surface area (Å²) in [7, 11) is 0. The van der Waals surface area contributed by atoms with Gasteiger partial charge >= 0.3 is 0 Å². The van der Waals surface area contributed by atoms with Gasteiger partial charge in [-0.3, -0.25) is 0 Å². The summed E-state index contributed by atoms with van der Waals surface area (Å²) in [5.74, 6) is 0. The lowest BCUT2D eigenvalue weighted by Crippen LogP contribution is -2.37. The van der Waals surface area contributed by atoms with Crippen LogP contribution in [0.2, 0.25) is 15.1 Å². The SMILES string of the molecule is CCCC1CN(c2cc(Cl)c(Cl)cc2Cl)CCCN1. The van der Waals surface area contributed by atoms with Gasteiger partial charge in [-0.25, -0.2) is 0 Å². The number of hydrogen-bond acceptors (Lipinski definition) is 2. The molecule has 1 aliphatic heterocycles. The monoisotopic (exact) mass is 320 g/mol. The predicted octanol–water partition coefficient (Wildman–Crippen LogP) is 4.62. The van der Waals surface area contributed by atoms with Crippen molar-refractivity contribution in [3.8, 4) is 0 Å². The lowest BCUT2D eigenvalue weighted by atomic mass is 10.1. The van der Waals surface area contributed by atoms with Gasteiger partial charge in [0.15, 0.2) is 0 Å². The van der Waals surface area contributed by atoms with Crippen molar-refractivity contribution in [1.29, 1.82) is 0 Å². The second kappa shape index (κ2) is 7.03. The second-order valence-electron chi connectivity index (χ2n) is 4.96. The van der Waals surface area contributed by atoms with Crippen LogP contribution in [-0.2, 0) is 0 Å². The first-order valence-electron chi connectivity index (χ1n) is 6.74. The molecule has 0 radical (unpaired) electrons. The smallest absolute Gasteiger partial charge is 0.0655 e. The molecule has 1 aromatic rings. The molecule has 0 amide bonds. The largest absolute Gasteiger partial charge is 0.369 e. The third kappa shape index (κ3) is 3.91. The van der Waals surface area contributed by atoms with Crippen LogP contribution in [0.5, 0.6) is 0 Å². The highest BCUT2D eigenvalue weighted by atomic mass is 35.5. The van der Waals surface area contributed by atoms with Crippen LogP contribution in [0.25, 0.3) is 0 Å². The van der Waals surface area contributed by atoms with E-state index in [2.05, 4.69) is 17.1 Å². The quantitative estimate of drug-likeness (QED) is 0.818. The molecule has 1 aliphatic rings. The molecule has 1 unspecified atom stereocenters. The number of anilines is 1. The maximum atomic E-state index is 6.31. The Morgan fingerprint density at radius 1 is 1.21 bits per heavy atom. The number of nitrogens with one attached hydrogen (secondary N) is 1. The molecular formula is C14H19Cl3N2. The van der Waals surface area contributed by atoms with E-state index in [4.69, 9.17) is 34.8 Å². The van der Waals surface area contributed by atoms with Gasteiger partial charge in [0.1, 0.15) is 0 Å². The van der Waals surface area contributed by atoms with Crippen LogP contribution in [0.3, 0.4) is 0 Å². The molecule has 0 aromatic heterocycles. The van der Waals surface area contributed by atoms with E-state index in [0.29, 0.717) is 21.1 Å². The minimum absolute atomic E-state index is 0.508. The van der Waals surface area contributed by atoms with E-state index in [9.17, 15) is 0 Å². The Kier molecular flexibility index (Phi) is 5.64. The zero-order chi connectivity index (χ0) is 13.8. The van der Waals surface area contributed by atoms with Gasteiger partial charge in [0.05, 0.1) is 20.8 Å². The minimum atomic E-state index is 0.508. The summed E-state index contributed by atoms with van der Waals surface area (Å²) in [6, 6.07) is 4.12. The first-order valence-corrected chi connectivity index (χ1v) is 7.88. The van der Waals surface area contributed by atoms with Crippen LogP contribution in [-0.4, -0.2) is 25.7 Å². The van der Waals surface area contributed by atoms with Gasteiger partial charge in [0.25, 0.3) is 0 Å². The van der Waals surface area contributed by atoms with E-state index in [0.717, 1.165) is 31.7 Å². The van der Waals surface area contributed by atoms with Crippen LogP contribution in [0.1, 0.15) is 26.2 Å². The van der Waals surface area contributed by atoms with Crippen molar-refractivity contribution >= 4 is 40.5 Å². The van der Waals surface area contributed by atoms with Gasteiger partial charge in [-0.15, -0.1) is 0 Å². The van der Waals surface area contributed by atoms with Crippen LogP contribution in [0, 0.1) is 0 Å². The standard InChI is InChI=1S/C14H19Cl3N2/c1-2-4-10-9-19(6-3-5-18-10)14-8-12(16)11(15)7-13(14)17/h7-8,10,18H,2-6,9H2,1H3. The van der Waals surface area contributed by atoms with Crippen LogP contribution in [0.4, 0.5) is 5.69 Å². The zero-order valence-electron chi connectivity index (χ0n) is 11.1. The Balaban J connectivity index is 2.21. The Bertz CT molecular complexity index is 437. The highest BCUT2D eigenvalue weighted by Gasteiger charge is 2.20. The molecule has 0 aliphatic carbocycles. The van der Waals surface area contributed by atoms with Crippen molar-refractivity contribution in [2.75, 3.05) is 24.5 Å². The molecule has 5 heteroatoms. The lowest BCUT2D eigenvalue weighted by molar-refractivity contribution is 0.502. The fourth-order valence-electron chi connectivity index (χ4n) is 2.51. The Hall–Kier alpha value is -0.150.